The Balaban J connectivity index is 0.848. The van der Waals surface area contributed by atoms with E-state index in [1.165, 1.54) is 133 Å². The van der Waals surface area contributed by atoms with Gasteiger partial charge in [0.25, 0.3) is 0 Å². The summed E-state index contributed by atoms with van der Waals surface area (Å²) in [6, 6.07) is 84.2. The van der Waals surface area contributed by atoms with Gasteiger partial charge in [-0.1, -0.05) is 226 Å². The van der Waals surface area contributed by atoms with Gasteiger partial charge in [-0.25, -0.2) is 0 Å². The van der Waals surface area contributed by atoms with E-state index in [0.717, 1.165) is 12.8 Å². The van der Waals surface area contributed by atoms with Crippen LogP contribution in [0.2, 0.25) is 0 Å². The predicted octanol–water partition coefficient (Wildman–Crippen LogP) is 17.6. The Labute approximate surface area is 403 Å². The van der Waals surface area contributed by atoms with Gasteiger partial charge in [-0.2, -0.15) is 0 Å². The first-order valence-electron chi connectivity index (χ1n) is 24.6. The second kappa shape index (κ2) is 15.4. The third-order valence-electron chi connectivity index (χ3n) is 15.7. The fraction of sp³-hybridized carbons (Fsp3) is 0.0882. The summed E-state index contributed by atoms with van der Waals surface area (Å²) in [4.78, 5) is 0. The van der Waals surface area contributed by atoms with Crippen molar-refractivity contribution in [3.63, 3.8) is 0 Å². The van der Waals surface area contributed by atoms with Crippen molar-refractivity contribution >= 4 is 49.7 Å². The number of aromatic nitrogens is 1. The van der Waals surface area contributed by atoms with Crippen LogP contribution in [0.3, 0.4) is 0 Å². The molecule has 0 saturated heterocycles. The Kier molecular flexibility index (Phi) is 8.89. The average Bonchev–Trinajstić information content (AvgIpc) is 4.09. The monoisotopic (exact) mass is 879 g/mol. The van der Waals surface area contributed by atoms with E-state index in [2.05, 4.69) is 249 Å². The number of benzene rings is 10. The molecule has 0 N–H and O–H groups in total. The molecule has 326 valence electrons. The first-order valence-corrected chi connectivity index (χ1v) is 24.6. The number of rotatable bonds is 8. The van der Waals surface area contributed by atoms with Crippen molar-refractivity contribution in [2.24, 2.45) is 0 Å². The maximum absolute atomic E-state index is 2.55. The van der Waals surface area contributed by atoms with E-state index in [4.69, 9.17) is 0 Å². The predicted molar refractivity (Wildman–Crippen MR) is 291 cm³/mol. The van der Waals surface area contributed by atoms with Crippen molar-refractivity contribution in [1.82, 2.24) is 4.40 Å². The molecule has 0 saturated carbocycles. The Morgan fingerprint density at radius 1 is 0.391 bits per heavy atom. The van der Waals surface area contributed by atoms with Crippen LogP contribution in [-0.4, -0.2) is 4.40 Å². The van der Waals surface area contributed by atoms with Crippen LogP contribution in [-0.2, 0) is 18.3 Å². The van der Waals surface area contributed by atoms with E-state index in [0.29, 0.717) is 0 Å². The highest BCUT2D eigenvalue weighted by Crippen LogP contribution is 2.52. The molecular formula is C68H49N. The summed E-state index contributed by atoms with van der Waals surface area (Å²) in [5.74, 6) is 0.261. The number of hydrogen-bond acceptors (Lipinski definition) is 0. The molecule has 69 heavy (non-hydrogen) atoms. The molecule has 12 aromatic rings. The molecule has 2 heterocycles. The standard InChI is InChI=1S/C68H49N/c1-68(2)63-40-45(29-34-55(63)56-36-33-49(42-64(56)68)51-22-13-24-59-60-25-14-23-58-57-21-11-12-26-65(57)69(66(51)59)67(58)60)38-50(37-44-27-30-47(31-28-44)46-17-7-4-8-18-46)48-32-35-54-52-19-9-10-20-53(52)61(62(54)41-48)39-43-15-5-3-6-16-43/h3-36,39-42,50H,37-38H2,1-2H3/b61-39+. The van der Waals surface area contributed by atoms with E-state index in [-0.39, 0.29) is 11.3 Å². The average molecular weight is 880 g/mol. The summed E-state index contributed by atoms with van der Waals surface area (Å²) in [5.41, 5.74) is 26.2. The van der Waals surface area contributed by atoms with Crippen molar-refractivity contribution < 1.29 is 0 Å². The van der Waals surface area contributed by atoms with Gasteiger partial charge in [-0.3, -0.25) is 0 Å². The zero-order valence-electron chi connectivity index (χ0n) is 38.9. The highest BCUT2D eigenvalue weighted by atomic mass is 14.9. The molecule has 2 aliphatic rings. The zero-order valence-corrected chi connectivity index (χ0v) is 38.9. The summed E-state index contributed by atoms with van der Waals surface area (Å²) in [5, 5.41) is 5.26. The van der Waals surface area contributed by atoms with Crippen LogP contribution in [0.1, 0.15) is 64.3 Å². The molecule has 0 bridgehead atoms. The maximum Gasteiger partial charge on any atom is 0.0620 e. The zero-order chi connectivity index (χ0) is 45.8. The highest BCUT2D eigenvalue weighted by Gasteiger charge is 2.36. The third-order valence-corrected chi connectivity index (χ3v) is 15.7. The Morgan fingerprint density at radius 2 is 0.942 bits per heavy atom. The fourth-order valence-electron chi connectivity index (χ4n) is 12.4. The second-order valence-electron chi connectivity index (χ2n) is 20.0. The minimum absolute atomic E-state index is 0.176. The van der Waals surface area contributed by atoms with Crippen molar-refractivity contribution in [2.45, 2.75) is 38.0 Å². The Morgan fingerprint density at radius 3 is 1.75 bits per heavy atom. The minimum Gasteiger partial charge on any atom is -0.307 e. The van der Waals surface area contributed by atoms with E-state index in [1.807, 2.05) is 0 Å². The van der Waals surface area contributed by atoms with Crippen molar-refractivity contribution in [3.8, 4) is 44.5 Å². The summed E-state index contributed by atoms with van der Waals surface area (Å²) in [6.45, 7) is 4.87. The maximum atomic E-state index is 2.55. The van der Waals surface area contributed by atoms with Gasteiger partial charge < -0.3 is 4.40 Å². The molecule has 0 radical (unpaired) electrons. The number of nitrogens with zero attached hydrogens (tertiary/aromatic N) is 1. The Hall–Kier alpha value is -8.26. The van der Waals surface area contributed by atoms with E-state index < -0.39 is 0 Å². The molecule has 1 unspecified atom stereocenters. The molecule has 1 heteroatoms. The van der Waals surface area contributed by atoms with Crippen LogP contribution in [0.4, 0.5) is 0 Å². The van der Waals surface area contributed by atoms with Crippen LogP contribution in [0, 0.1) is 0 Å². The molecule has 1 nitrogen and oxygen atoms in total. The van der Waals surface area contributed by atoms with Gasteiger partial charge in [-0.15, -0.1) is 0 Å². The van der Waals surface area contributed by atoms with Crippen LogP contribution < -0.4 is 0 Å². The van der Waals surface area contributed by atoms with Gasteiger partial charge in [-0.05, 0) is 126 Å². The molecule has 0 fully saturated rings. The number of para-hydroxylation sites is 3. The minimum atomic E-state index is -0.176. The largest absolute Gasteiger partial charge is 0.307 e. The molecule has 10 aromatic carbocycles. The number of fused-ring (bicyclic) bond motifs is 12. The topological polar surface area (TPSA) is 4.41 Å². The lowest BCUT2D eigenvalue weighted by atomic mass is 9.79. The van der Waals surface area contributed by atoms with Gasteiger partial charge in [0.2, 0.25) is 0 Å². The molecule has 1 atom stereocenters. The second-order valence-corrected chi connectivity index (χ2v) is 20.0. The molecule has 2 aromatic heterocycles. The van der Waals surface area contributed by atoms with E-state index in [9.17, 15) is 0 Å². The van der Waals surface area contributed by atoms with Gasteiger partial charge >= 0.3 is 0 Å². The van der Waals surface area contributed by atoms with Crippen LogP contribution in [0.25, 0.3) is 94.3 Å². The Bertz CT molecular complexity index is 4010. The summed E-state index contributed by atoms with van der Waals surface area (Å²) < 4.78 is 2.53. The van der Waals surface area contributed by atoms with Crippen LogP contribution >= 0.6 is 0 Å². The SMILES string of the molecule is CC1(C)c2cc(CC(Cc3ccc(-c4ccccc4)cc3)c3ccc4c(c3)/C(=C/c3ccccc3)c3ccccc3-4)ccc2-c2ccc(-c3cccc4c5cccc6c7ccccc7n(c34)c65)cc21. The number of hydrogen-bond donors (Lipinski definition) is 0. The third kappa shape index (κ3) is 6.23. The first kappa shape index (κ1) is 39.9. The molecule has 2 aliphatic carbocycles. The summed E-state index contributed by atoms with van der Waals surface area (Å²) >= 11 is 0. The van der Waals surface area contributed by atoms with Crippen LogP contribution in [0.15, 0.2) is 224 Å². The van der Waals surface area contributed by atoms with Gasteiger partial charge in [0, 0.05) is 32.5 Å². The van der Waals surface area contributed by atoms with Gasteiger partial charge in [0.15, 0.2) is 0 Å². The summed E-state index contributed by atoms with van der Waals surface area (Å²) in [6.07, 6.45) is 4.25. The van der Waals surface area contributed by atoms with E-state index in [1.54, 1.807) is 0 Å². The molecule has 14 rings (SSSR count). The fourth-order valence-corrected chi connectivity index (χ4v) is 12.4. The lowest BCUT2D eigenvalue weighted by Gasteiger charge is -2.24. The van der Waals surface area contributed by atoms with Crippen LogP contribution in [0.5, 0.6) is 0 Å². The summed E-state index contributed by atoms with van der Waals surface area (Å²) in [7, 11) is 0. The lowest BCUT2D eigenvalue weighted by Crippen LogP contribution is -2.16. The van der Waals surface area contributed by atoms with Gasteiger partial charge in [0.1, 0.15) is 0 Å². The first-order chi connectivity index (χ1) is 34.0. The molecule has 0 spiro atoms. The van der Waals surface area contributed by atoms with E-state index >= 15 is 0 Å². The van der Waals surface area contributed by atoms with Crippen molar-refractivity contribution in [1.29, 1.82) is 0 Å². The van der Waals surface area contributed by atoms with Crippen molar-refractivity contribution in [3.05, 3.63) is 269 Å². The lowest BCUT2D eigenvalue weighted by molar-refractivity contribution is 0.652. The molecular weight excluding hydrogens is 831 g/mol. The molecule has 0 aliphatic heterocycles. The van der Waals surface area contributed by atoms with Crippen molar-refractivity contribution in [2.75, 3.05) is 0 Å². The highest BCUT2D eigenvalue weighted by molar-refractivity contribution is 6.25. The smallest absolute Gasteiger partial charge is 0.0620 e. The normalized spacial score (nSPS) is 14.4. The molecule has 0 amide bonds. The van der Waals surface area contributed by atoms with Gasteiger partial charge in [0.05, 0.1) is 16.6 Å². The quantitative estimate of drug-likeness (QED) is 0.143.